The Bertz CT molecular complexity index is 1150. The van der Waals surface area contributed by atoms with Gasteiger partial charge in [-0.25, -0.2) is 4.98 Å². The van der Waals surface area contributed by atoms with E-state index in [1.54, 1.807) is 0 Å². The zero-order chi connectivity index (χ0) is 23.1. The van der Waals surface area contributed by atoms with Crippen LogP contribution in [0.3, 0.4) is 0 Å². The highest BCUT2D eigenvalue weighted by Gasteiger charge is 2.54. The Morgan fingerprint density at radius 3 is 2.41 bits per heavy atom. The second kappa shape index (κ2) is 8.92. The van der Waals surface area contributed by atoms with Crippen LogP contribution in [-0.2, 0) is 17.8 Å². The zero-order valence-electron chi connectivity index (χ0n) is 19.5. The van der Waals surface area contributed by atoms with Gasteiger partial charge < -0.3 is 14.6 Å². The van der Waals surface area contributed by atoms with Crippen LogP contribution in [0, 0.1) is 23.2 Å². The molecule has 0 aliphatic heterocycles. The molecule has 4 aliphatic rings. The molecule has 178 valence electrons. The molecule has 0 atom stereocenters. The van der Waals surface area contributed by atoms with Crippen molar-refractivity contribution in [2.75, 3.05) is 13.2 Å². The van der Waals surface area contributed by atoms with Crippen molar-refractivity contribution in [1.82, 2.24) is 14.9 Å². The van der Waals surface area contributed by atoms with Crippen LogP contribution in [0.25, 0.3) is 11.0 Å². The van der Waals surface area contributed by atoms with Crippen molar-refractivity contribution >= 4 is 28.5 Å². The molecular weight excluding hydrogens is 446 g/mol. The maximum absolute atomic E-state index is 13.3. The summed E-state index contributed by atoms with van der Waals surface area (Å²) in [5, 5.41) is 4.01. The summed E-state index contributed by atoms with van der Waals surface area (Å²) in [5.41, 5.74) is 1.99. The fourth-order valence-corrected chi connectivity index (χ4v) is 7.34. The number of halogens is 1. The maximum Gasteiger partial charge on any atom is 0.226 e. The minimum atomic E-state index is -0.0959. The number of hydrogen-bond donors (Lipinski definition) is 1. The zero-order valence-corrected chi connectivity index (χ0v) is 20.3. The summed E-state index contributed by atoms with van der Waals surface area (Å²) in [7, 11) is 0. The molecule has 0 radical (unpaired) electrons. The number of nitrogens with zero attached hydrogens (tertiary/aromatic N) is 2. The van der Waals surface area contributed by atoms with Crippen LogP contribution in [0.4, 0.5) is 0 Å². The summed E-state index contributed by atoms with van der Waals surface area (Å²) < 4.78 is 8.17. The first kappa shape index (κ1) is 22.0. The van der Waals surface area contributed by atoms with Crippen molar-refractivity contribution < 1.29 is 9.53 Å². The highest BCUT2D eigenvalue weighted by Crippen LogP contribution is 2.60. The maximum atomic E-state index is 13.3. The van der Waals surface area contributed by atoms with E-state index in [0.29, 0.717) is 37.0 Å². The quantitative estimate of drug-likeness (QED) is 0.456. The molecule has 1 N–H and O–H groups in total. The molecule has 0 spiro atoms. The highest BCUT2D eigenvalue weighted by molar-refractivity contribution is 6.30. The molecule has 4 bridgehead atoms. The van der Waals surface area contributed by atoms with Gasteiger partial charge >= 0.3 is 0 Å². The molecule has 4 aliphatic carbocycles. The predicted octanol–water partition coefficient (Wildman–Crippen LogP) is 5.64. The van der Waals surface area contributed by atoms with E-state index in [9.17, 15) is 4.79 Å². The van der Waals surface area contributed by atoms with E-state index >= 15 is 0 Å². The molecule has 4 fully saturated rings. The monoisotopic (exact) mass is 477 g/mol. The third-order valence-corrected chi connectivity index (χ3v) is 8.54. The lowest BCUT2D eigenvalue weighted by molar-refractivity contribution is -0.146. The predicted molar refractivity (Wildman–Crippen MR) is 134 cm³/mol. The number of carbonyl (C=O) groups excluding carboxylic acids is 1. The van der Waals surface area contributed by atoms with Gasteiger partial charge in [-0.05, 0) is 92.7 Å². The van der Waals surface area contributed by atoms with Gasteiger partial charge in [-0.1, -0.05) is 23.7 Å². The molecule has 5 nitrogen and oxygen atoms in total. The lowest BCUT2D eigenvalue weighted by atomic mass is 9.49. The van der Waals surface area contributed by atoms with E-state index in [1.165, 1.54) is 19.3 Å². The third kappa shape index (κ3) is 4.19. The number of carbonyl (C=O) groups is 1. The Balaban J connectivity index is 1.11. The second-order valence-electron chi connectivity index (χ2n) is 10.7. The summed E-state index contributed by atoms with van der Waals surface area (Å²) >= 11 is 5.97. The van der Waals surface area contributed by atoms with Gasteiger partial charge in [-0.15, -0.1) is 0 Å². The van der Waals surface area contributed by atoms with E-state index in [0.717, 1.165) is 59.6 Å². The Labute approximate surface area is 205 Å². The summed E-state index contributed by atoms with van der Waals surface area (Å²) in [6.45, 7) is 1.86. The summed E-state index contributed by atoms with van der Waals surface area (Å²) in [5.74, 6) is 4.43. The molecule has 0 unspecified atom stereocenters. The minimum absolute atomic E-state index is 0.0959. The first-order valence-corrected chi connectivity index (χ1v) is 13.1. The van der Waals surface area contributed by atoms with Crippen molar-refractivity contribution in [2.24, 2.45) is 23.2 Å². The SMILES string of the molecule is O=C(NCCc1nc2ccccc2n1CCOc1ccc(Cl)cc1)C12CC3CC(CC(C3)C1)C2. The van der Waals surface area contributed by atoms with Crippen molar-refractivity contribution in [2.45, 2.75) is 51.5 Å². The van der Waals surface area contributed by atoms with Gasteiger partial charge in [0.15, 0.2) is 0 Å². The Hall–Kier alpha value is -2.53. The number of para-hydroxylation sites is 2. The van der Waals surface area contributed by atoms with Crippen LogP contribution < -0.4 is 10.1 Å². The number of hydrogen-bond acceptors (Lipinski definition) is 3. The van der Waals surface area contributed by atoms with Crippen molar-refractivity contribution in [3.63, 3.8) is 0 Å². The molecule has 1 aromatic heterocycles. The van der Waals surface area contributed by atoms with Gasteiger partial charge in [0, 0.05) is 23.4 Å². The average molecular weight is 478 g/mol. The first-order chi connectivity index (χ1) is 16.6. The fourth-order valence-electron chi connectivity index (χ4n) is 7.22. The Morgan fingerprint density at radius 2 is 1.71 bits per heavy atom. The van der Waals surface area contributed by atoms with Crippen molar-refractivity contribution in [1.29, 1.82) is 0 Å². The van der Waals surface area contributed by atoms with E-state index in [2.05, 4.69) is 16.0 Å². The molecule has 0 saturated heterocycles. The standard InChI is InChI=1S/C28H32ClN3O2/c29-22-5-7-23(8-6-22)34-12-11-32-25-4-2-1-3-24(25)31-26(32)9-10-30-27(33)28-16-19-13-20(17-28)15-21(14-19)18-28/h1-8,19-21H,9-18H2,(H,30,33). The number of fused-ring (bicyclic) bond motifs is 1. The van der Waals surface area contributed by atoms with Crippen LogP contribution in [0.2, 0.25) is 5.02 Å². The molecular formula is C28H32ClN3O2. The van der Waals surface area contributed by atoms with Crippen LogP contribution in [-0.4, -0.2) is 28.6 Å². The normalized spacial score (nSPS) is 27.3. The molecule has 7 rings (SSSR count). The number of imidazole rings is 1. The highest BCUT2D eigenvalue weighted by atomic mass is 35.5. The smallest absolute Gasteiger partial charge is 0.226 e. The van der Waals surface area contributed by atoms with Crippen LogP contribution >= 0.6 is 11.6 Å². The molecule has 1 heterocycles. The molecule has 3 aromatic rings. The van der Waals surface area contributed by atoms with Crippen LogP contribution in [0.15, 0.2) is 48.5 Å². The molecule has 4 saturated carbocycles. The minimum Gasteiger partial charge on any atom is -0.492 e. The van der Waals surface area contributed by atoms with E-state index in [-0.39, 0.29) is 5.41 Å². The van der Waals surface area contributed by atoms with E-state index in [1.807, 2.05) is 42.5 Å². The molecule has 1 amide bonds. The Kier molecular flexibility index (Phi) is 5.76. The van der Waals surface area contributed by atoms with Crippen molar-refractivity contribution in [3.05, 3.63) is 59.4 Å². The Morgan fingerprint density at radius 1 is 1.03 bits per heavy atom. The molecule has 6 heteroatoms. The van der Waals surface area contributed by atoms with Gasteiger partial charge in [0.2, 0.25) is 5.91 Å². The number of aromatic nitrogens is 2. The summed E-state index contributed by atoms with van der Waals surface area (Å²) in [6, 6.07) is 15.6. The van der Waals surface area contributed by atoms with Crippen molar-refractivity contribution in [3.8, 4) is 5.75 Å². The second-order valence-corrected chi connectivity index (χ2v) is 11.1. The fraction of sp³-hybridized carbons (Fsp3) is 0.500. The number of amides is 1. The lowest BCUT2D eigenvalue weighted by Crippen LogP contribution is -2.53. The van der Waals surface area contributed by atoms with Gasteiger partial charge in [0.25, 0.3) is 0 Å². The van der Waals surface area contributed by atoms with Crippen LogP contribution in [0.1, 0.15) is 44.3 Å². The van der Waals surface area contributed by atoms with Gasteiger partial charge in [-0.3, -0.25) is 4.79 Å². The number of ether oxygens (including phenoxy) is 1. The van der Waals surface area contributed by atoms with E-state index < -0.39 is 0 Å². The molecule has 2 aromatic carbocycles. The average Bonchev–Trinajstić information content (AvgIpc) is 3.17. The summed E-state index contributed by atoms with van der Waals surface area (Å²) in [6.07, 6.45) is 8.09. The number of rotatable bonds is 8. The first-order valence-electron chi connectivity index (χ1n) is 12.7. The van der Waals surface area contributed by atoms with Gasteiger partial charge in [0.05, 0.1) is 17.6 Å². The van der Waals surface area contributed by atoms with Gasteiger partial charge in [0.1, 0.15) is 18.2 Å². The van der Waals surface area contributed by atoms with Crippen LogP contribution in [0.5, 0.6) is 5.75 Å². The number of benzene rings is 2. The topological polar surface area (TPSA) is 56.2 Å². The summed E-state index contributed by atoms with van der Waals surface area (Å²) in [4.78, 5) is 18.2. The van der Waals surface area contributed by atoms with Gasteiger partial charge in [-0.2, -0.15) is 0 Å². The lowest BCUT2D eigenvalue weighted by Gasteiger charge is -2.55. The van der Waals surface area contributed by atoms with E-state index in [4.69, 9.17) is 21.3 Å². The third-order valence-electron chi connectivity index (χ3n) is 8.28. The largest absolute Gasteiger partial charge is 0.492 e. The number of nitrogens with one attached hydrogen (secondary N) is 1. The molecule has 34 heavy (non-hydrogen) atoms.